The summed E-state index contributed by atoms with van der Waals surface area (Å²) in [6, 6.07) is 23.8. The Balaban J connectivity index is 1.41. The average molecular weight is 400 g/mol. The third-order valence-electron chi connectivity index (χ3n) is 4.86. The fourth-order valence-corrected chi connectivity index (χ4v) is 3.20. The van der Waals surface area contributed by atoms with E-state index in [0.29, 0.717) is 13.2 Å². The molecule has 3 aromatic carbocycles. The van der Waals surface area contributed by atoms with Crippen LogP contribution >= 0.6 is 0 Å². The molecule has 6 heteroatoms. The van der Waals surface area contributed by atoms with Crippen LogP contribution < -0.4 is 14.8 Å². The number of benzene rings is 3. The molecule has 0 atom stereocenters. The summed E-state index contributed by atoms with van der Waals surface area (Å²) in [6.07, 6.45) is 1.73. The molecule has 0 spiro atoms. The maximum absolute atomic E-state index is 6.06. The van der Waals surface area contributed by atoms with Crippen molar-refractivity contribution in [2.75, 3.05) is 12.4 Å². The van der Waals surface area contributed by atoms with Crippen molar-refractivity contribution in [1.82, 2.24) is 14.8 Å². The van der Waals surface area contributed by atoms with Gasteiger partial charge in [-0.15, -0.1) is 5.10 Å². The summed E-state index contributed by atoms with van der Waals surface area (Å²) >= 11 is 0. The summed E-state index contributed by atoms with van der Waals surface area (Å²) in [5.41, 5.74) is 4.02. The number of nitrogens with zero attached hydrogens (tertiary/aromatic N) is 3. The molecule has 152 valence electrons. The zero-order valence-corrected chi connectivity index (χ0v) is 17.1. The molecular weight excluding hydrogens is 376 g/mol. The van der Waals surface area contributed by atoms with Crippen molar-refractivity contribution in [3.05, 3.63) is 96.1 Å². The molecule has 0 saturated carbocycles. The standard InChI is InChI=1S/C24H24N4O2/c1-18-21(25-15-24-26-17-28(27-24)20-10-4-3-5-11-20)12-8-14-22(18)30-16-19-9-6-7-13-23(19)29-2/h3-14,17,25H,15-16H2,1-2H3. The average Bonchev–Trinajstić information content (AvgIpc) is 3.27. The molecule has 1 aromatic heterocycles. The monoisotopic (exact) mass is 400 g/mol. The number of nitrogens with one attached hydrogen (secondary N) is 1. The summed E-state index contributed by atoms with van der Waals surface area (Å²) in [5.74, 6) is 2.37. The van der Waals surface area contributed by atoms with Gasteiger partial charge in [-0.2, -0.15) is 0 Å². The minimum Gasteiger partial charge on any atom is -0.496 e. The Labute approximate surface area is 176 Å². The highest BCUT2D eigenvalue weighted by atomic mass is 16.5. The summed E-state index contributed by atoms with van der Waals surface area (Å²) in [6.45, 7) is 3.00. The Hall–Kier alpha value is -3.80. The molecule has 0 amide bonds. The molecule has 4 rings (SSSR count). The van der Waals surface area contributed by atoms with Crippen molar-refractivity contribution in [3.63, 3.8) is 0 Å². The Kier molecular flexibility index (Phi) is 5.94. The third-order valence-corrected chi connectivity index (χ3v) is 4.86. The van der Waals surface area contributed by atoms with Gasteiger partial charge in [0.25, 0.3) is 0 Å². The van der Waals surface area contributed by atoms with Crippen LogP contribution in [0.4, 0.5) is 5.69 Å². The van der Waals surface area contributed by atoms with E-state index in [1.54, 1.807) is 18.1 Å². The van der Waals surface area contributed by atoms with Crippen molar-refractivity contribution in [2.24, 2.45) is 0 Å². The van der Waals surface area contributed by atoms with Gasteiger partial charge in [0, 0.05) is 16.8 Å². The third kappa shape index (κ3) is 4.43. The minimum absolute atomic E-state index is 0.442. The lowest BCUT2D eigenvalue weighted by Gasteiger charge is -2.15. The summed E-state index contributed by atoms with van der Waals surface area (Å²) in [7, 11) is 1.67. The fraction of sp³-hybridized carbons (Fsp3) is 0.167. The van der Waals surface area contributed by atoms with Crippen molar-refractivity contribution in [2.45, 2.75) is 20.1 Å². The number of hydrogen-bond donors (Lipinski definition) is 1. The molecule has 0 fully saturated rings. The number of anilines is 1. The van der Waals surface area contributed by atoms with Crippen LogP contribution in [0.25, 0.3) is 5.69 Å². The van der Waals surface area contributed by atoms with Gasteiger partial charge in [0.05, 0.1) is 19.3 Å². The highest BCUT2D eigenvalue weighted by Crippen LogP contribution is 2.27. The first kappa shape index (κ1) is 19.5. The molecule has 0 aliphatic heterocycles. The smallest absolute Gasteiger partial charge is 0.170 e. The lowest BCUT2D eigenvalue weighted by atomic mass is 10.1. The molecule has 0 saturated heterocycles. The van der Waals surface area contributed by atoms with Crippen molar-refractivity contribution >= 4 is 5.69 Å². The van der Waals surface area contributed by atoms with E-state index in [-0.39, 0.29) is 0 Å². The Morgan fingerprint density at radius 2 is 1.67 bits per heavy atom. The summed E-state index contributed by atoms with van der Waals surface area (Å²) in [5, 5.41) is 7.95. The second-order valence-electron chi connectivity index (χ2n) is 6.82. The van der Waals surface area contributed by atoms with Gasteiger partial charge in [-0.25, -0.2) is 9.67 Å². The number of hydrogen-bond acceptors (Lipinski definition) is 5. The van der Waals surface area contributed by atoms with E-state index in [0.717, 1.165) is 39.8 Å². The van der Waals surface area contributed by atoms with Crippen molar-refractivity contribution < 1.29 is 9.47 Å². The zero-order valence-electron chi connectivity index (χ0n) is 17.1. The number of para-hydroxylation sites is 2. The normalized spacial score (nSPS) is 10.6. The molecule has 0 aliphatic carbocycles. The van der Waals surface area contributed by atoms with E-state index in [2.05, 4.69) is 15.4 Å². The minimum atomic E-state index is 0.442. The van der Waals surface area contributed by atoms with Crippen LogP contribution in [0, 0.1) is 6.92 Å². The first-order valence-electron chi connectivity index (χ1n) is 9.79. The Morgan fingerprint density at radius 3 is 2.50 bits per heavy atom. The number of aromatic nitrogens is 3. The molecule has 1 N–H and O–H groups in total. The van der Waals surface area contributed by atoms with E-state index in [4.69, 9.17) is 9.47 Å². The van der Waals surface area contributed by atoms with Gasteiger partial charge in [0.1, 0.15) is 24.4 Å². The number of rotatable bonds is 8. The van der Waals surface area contributed by atoms with E-state index >= 15 is 0 Å². The molecule has 0 unspecified atom stereocenters. The Bertz CT molecular complexity index is 1110. The van der Waals surface area contributed by atoms with E-state index in [1.165, 1.54) is 0 Å². The maximum Gasteiger partial charge on any atom is 0.170 e. The molecule has 30 heavy (non-hydrogen) atoms. The Morgan fingerprint density at radius 1 is 0.900 bits per heavy atom. The predicted molar refractivity (Wildman–Crippen MR) is 117 cm³/mol. The number of ether oxygens (including phenoxy) is 2. The van der Waals surface area contributed by atoms with E-state index in [9.17, 15) is 0 Å². The van der Waals surface area contributed by atoms with Gasteiger partial charge in [0.15, 0.2) is 5.82 Å². The summed E-state index contributed by atoms with van der Waals surface area (Å²) in [4.78, 5) is 4.40. The van der Waals surface area contributed by atoms with Crippen LogP contribution in [-0.4, -0.2) is 21.9 Å². The highest BCUT2D eigenvalue weighted by molar-refractivity contribution is 5.56. The van der Waals surface area contributed by atoms with Gasteiger partial charge in [-0.05, 0) is 37.3 Å². The topological polar surface area (TPSA) is 61.2 Å². The summed E-state index contributed by atoms with van der Waals surface area (Å²) < 4.78 is 13.2. The number of methoxy groups -OCH3 is 1. The maximum atomic E-state index is 6.06. The predicted octanol–water partition coefficient (Wildman–Crippen LogP) is 4.78. The van der Waals surface area contributed by atoms with Gasteiger partial charge in [-0.1, -0.05) is 42.5 Å². The van der Waals surface area contributed by atoms with E-state index in [1.807, 2.05) is 79.7 Å². The first-order chi connectivity index (χ1) is 14.7. The molecule has 1 heterocycles. The zero-order chi connectivity index (χ0) is 20.8. The molecule has 0 bridgehead atoms. The van der Waals surface area contributed by atoms with Crippen molar-refractivity contribution in [3.8, 4) is 17.2 Å². The molecule has 0 radical (unpaired) electrons. The second kappa shape index (κ2) is 9.13. The lowest BCUT2D eigenvalue weighted by Crippen LogP contribution is -2.05. The molecular formula is C24H24N4O2. The second-order valence-corrected chi connectivity index (χ2v) is 6.82. The molecule has 6 nitrogen and oxygen atoms in total. The molecule has 4 aromatic rings. The SMILES string of the molecule is COc1ccccc1COc1cccc(NCc2ncn(-c3ccccc3)n2)c1C. The van der Waals surface area contributed by atoms with Gasteiger partial charge >= 0.3 is 0 Å². The van der Waals surface area contributed by atoms with E-state index < -0.39 is 0 Å². The quantitative estimate of drug-likeness (QED) is 0.461. The van der Waals surface area contributed by atoms with Crippen molar-refractivity contribution in [1.29, 1.82) is 0 Å². The van der Waals surface area contributed by atoms with Crippen LogP contribution in [0.15, 0.2) is 79.1 Å². The van der Waals surface area contributed by atoms with Crippen LogP contribution in [0.2, 0.25) is 0 Å². The van der Waals surface area contributed by atoms with Crippen LogP contribution in [0.3, 0.4) is 0 Å². The van der Waals surface area contributed by atoms with Gasteiger partial charge < -0.3 is 14.8 Å². The van der Waals surface area contributed by atoms with Crippen LogP contribution in [0.1, 0.15) is 17.0 Å². The van der Waals surface area contributed by atoms with Gasteiger partial charge in [0.2, 0.25) is 0 Å². The highest BCUT2D eigenvalue weighted by Gasteiger charge is 2.09. The lowest BCUT2D eigenvalue weighted by molar-refractivity contribution is 0.295. The fourth-order valence-electron chi connectivity index (χ4n) is 3.20. The van der Waals surface area contributed by atoms with Gasteiger partial charge in [-0.3, -0.25) is 0 Å². The first-order valence-corrected chi connectivity index (χ1v) is 9.79. The molecule has 0 aliphatic rings. The van der Waals surface area contributed by atoms with Crippen LogP contribution in [0.5, 0.6) is 11.5 Å². The largest absolute Gasteiger partial charge is 0.496 e. The van der Waals surface area contributed by atoms with Crippen LogP contribution in [-0.2, 0) is 13.2 Å².